The summed E-state index contributed by atoms with van der Waals surface area (Å²) >= 11 is 0. The minimum Gasteiger partial charge on any atom is -0.297 e. The number of rotatable bonds is 3. The van der Waals surface area contributed by atoms with Gasteiger partial charge in [0.05, 0.1) is 10.6 Å². The lowest BCUT2D eigenvalue weighted by Gasteiger charge is -2.19. The van der Waals surface area contributed by atoms with Gasteiger partial charge in [-0.15, -0.1) is 0 Å². The van der Waals surface area contributed by atoms with Gasteiger partial charge >= 0.3 is 0 Å². The molecular weight excluding hydrogens is 362 g/mol. The summed E-state index contributed by atoms with van der Waals surface area (Å²) in [6.45, 7) is 2.25. The SMILES string of the molecule is CS(=O)(=O)c1ccc2c(c1)CCN(Cc1cc(=O)n3ccccc3n1)CC2. The second-order valence-corrected chi connectivity index (χ2v) is 9.01. The van der Waals surface area contributed by atoms with Crippen LogP contribution in [0.2, 0.25) is 0 Å². The molecule has 1 aliphatic rings. The molecule has 0 saturated heterocycles. The van der Waals surface area contributed by atoms with Crippen LogP contribution in [0, 0.1) is 0 Å². The quantitative estimate of drug-likeness (QED) is 0.688. The van der Waals surface area contributed by atoms with Crippen molar-refractivity contribution < 1.29 is 8.42 Å². The number of aromatic nitrogens is 2. The summed E-state index contributed by atoms with van der Waals surface area (Å²) in [6.07, 6.45) is 4.59. The van der Waals surface area contributed by atoms with Gasteiger partial charge in [-0.25, -0.2) is 13.4 Å². The number of fused-ring (bicyclic) bond motifs is 2. The van der Waals surface area contributed by atoms with Crippen LogP contribution in [-0.4, -0.2) is 42.0 Å². The van der Waals surface area contributed by atoms with Crippen LogP contribution in [0.5, 0.6) is 0 Å². The largest absolute Gasteiger partial charge is 0.297 e. The number of hydrogen-bond acceptors (Lipinski definition) is 5. The normalized spacial score (nSPS) is 15.4. The number of nitrogens with zero attached hydrogens (tertiary/aromatic N) is 3. The monoisotopic (exact) mass is 383 g/mol. The van der Waals surface area contributed by atoms with Crippen molar-refractivity contribution in [1.29, 1.82) is 0 Å². The molecule has 0 radical (unpaired) electrons. The van der Waals surface area contributed by atoms with Crippen molar-refractivity contribution in [3.8, 4) is 0 Å². The van der Waals surface area contributed by atoms with Gasteiger partial charge in [0.15, 0.2) is 9.84 Å². The van der Waals surface area contributed by atoms with Crippen molar-refractivity contribution in [2.75, 3.05) is 19.3 Å². The lowest BCUT2D eigenvalue weighted by atomic mass is 10.0. The van der Waals surface area contributed by atoms with Crippen LogP contribution in [-0.2, 0) is 29.2 Å². The summed E-state index contributed by atoms with van der Waals surface area (Å²) < 4.78 is 25.1. The van der Waals surface area contributed by atoms with Gasteiger partial charge in [0.25, 0.3) is 5.56 Å². The first kappa shape index (κ1) is 17.9. The fraction of sp³-hybridized carbons (Fsp3) is 0.300. The van der Waals surface area contributed by atoms with Crippen molar-refractivity contribution >= 4 is 15.5 Å². The zero-order chi connectivity index (χ0) is 19.0. The first-order valence-electron chi connectivity index (χ1n) is 8.92. The Hall–Kier alpha value is -2.51. The van der Waals surface area contributed by atoms with Crippen LogP contribution < -0.4 is 5.56 Å². The van der Waals surface area contributed by atoms with E-state index in [1.165, 1.54) is 16.2 Å². The van der Waals surface area contributed by atoms with E-state index >= 15 is 0 Å². The molecule has 3 aromatic rings. The van der Waals surface area contributed by atoms with Gasteiger partial charge in [-0.2, -0.15) is 0 Å². The van der Waals surface area contributed by atoms with Gasteiger partial charge in [0, 0.05) is 38.2 Å². The molecule has 2 aromatic heterocycles. The summed E-state index contributed by atoms with van der Waals surface area (Å²) in [6, 6.07) is 12.5. The third-order valence-corrected chi connectivity index (χ3v) is 6.12. The molecule has 0 unspecified atom stereocenters. The molecule has 3 heterocycles. The molecule has 7 heteroatoms. The standard InChI is InChI=1S/C20H21N3O3S/c1-27(25,26)18-6-5-15-7-10-22(11-8-16(15)12-18)14-17-13-20(24)23-9-3-2-4-19(23)21-17/h2-6,9,12-13H,7-8,10-11,14H2,1H3. The molecule has 27 heavy (non-hydrogen) atoms. The van der Waals surface area contributed by atoms with E-state index in [0.717, 1.165) is 37.2 Å². The summed E-state index contributed by atoms with van der Waals surface area (Å²) in [5.74, 6) is 0. The van der Waals surface area contributed by atoms with E-state index in [1.54, 1.807) is 24.4 Å². The second kappa shape index (κ2) is 6.90. The highest BCUT2D eigenvalue weighted by Crippen LogP contribution is 2.21. The van der Waals surface area contributed by atoms with Gasteiger partial charge in [0.2, 0.25) is 0 Å². The third-order valence-electron chi connectivity index (χ3n) is 5.01. The molecule has 4 rings (SSSR count). The maximum atomic E-state index is 12.3. The van der Waals surface area contributed by atoms with Crippen LogP contribution >= 0.6 is 0 Å². The first-order chi connectivity index (χ1) is 12.9. The van der Waals surface area contributed by atoms with E-state index in [4.69, 9.17) is 0 Å². The molecule has 0 N–H and O–H groups in total. The Kier molecular flexibility index (Phi) is 4.57. The highest BCUT2D eigenvalue weighted by Gasteiger charge is 2.17. The molecule has 0 bridgehead atoms. The number of benzene rings is 1. The smallest absolute Gasteiger partial charge is 0.258 e. The molecule has 0 aliphatic carbocycles. The van der Waals surface area contributed by atoms with Gasteiger partial charge in [-0.3, -0.25) is 14.1 Å². The fourth-order valence-corrected chi connectivity index (χ4v) is 4.22. The molecule has 0 atom stereocenters. The Balaban J connectivity index is 1.55. The second-order valence-electron chi connectivity index (χ2n) is 6.99. The lowest BCUT2D eigenvalue weighted by Crippen LogP contribution is -2.27. The van der Waals surface area contributed by atoms with E-state index < -0.39 is 9.84 Å². The average Bonchev–Trinajstić information content (AvgIpc) is 2.83. The van der Waals surface area contributed by atoms with Crippen molar-refractivity contribution in [3.63, 3.8) is 0 Å². The van der Waals surface area contributed by atoms with E-state index in [-0.39, 0.29) is 5.56 Å². The summed E-state index contributed by atoms with van der Waals surface area (Å²) in [7, 11) is -3.20. The van der Waals surface area contributed by atoms with Gasteiger partial charge in [-0.05, 0) is 48.2 Å². The molecule has 0 spiro atoms. The minimum atomic E-state index is -3.20. The highest BCUT2D eigenvalue weighted by atomic mass is 32.2. The van der Waals surface area contributed by atoms with Crippen LogP contribution in [0.1, 0.15) is 16.8 Å². The molecular formula is C20H21N3O3S. The lowest BCUT2D eigenvalue weighted by molar-refractivity contribution is 0.276. The Morgan fingerprint density at radius 3 is 2.59 bits per heavy atom. The zero-order valence-corrected chi connectivity index (χ0v) is 15.9. The van der Waals surface area contributed by atoms with E-state index in [0.29, 0.717) is 17.1 Å². The van der Waals surface area contributed by atoms with Crippen molar-refractivity contribution in [2.24, 2.45) is 0 Å². The predicted molar refractivity (Wildman–Crippen MR) is 104 cm³/mol. The average molecular weight is 383 g/mol. The molecule has 1 aliphatic heterocycles. The van der Waals surface area contributed by atoms with Crippen molar-refractivity contribution in [1.82, 2.24) is 14.3 Å². The number of pyridine rings is 1. The van der Waals surface area contributed by atoms with E-state index in [2.05, 4.69) is 9.88 Å². The Labute approximate surface area is 158 Å². The molecule has 0 fully saturated rings. The molecule has 0 amide bonds. The third kappa shape index (κ3) is 3.79. The topological polar surface area (TPSA) is 71.8 Å². The molecule has 6 nitrogen and oxygen atoms in total. The maximum absolute atomic E-state index is 12.3. The highest BCUT2D eigenvalue weighted by molar-refractivity contribution is 7.90. The van der Waals surface area contributed by atoms with E-state index in [9.17, 15) is 13.2 Å². The molecule has 140 valence electrons. The van der Waals surface area contributed by atoms with E-state index in [1.807, 2.05) is 24.3 Å². The fourth-order valence-electron chi connectivity index (χ4n) is 3.55. The van der Waals surface area contributed by atoms with Crippen LogP contribution in [0.25, 0.3) is 5.65 Å². The van der Waals surface area contributed by atoms with Gasteiger partial charge in [-0.1, -0.05) is 12.1 Å². The Morgan fingerprint density at radius 2 is 1.81 bits per heavy atom. The Bertz CT molecular complexity index is 1170. The summed E-state index contributed by atoms with van der Waals surface area (Å²) in [5.41, 5.74) is 3.61. The number of hydrogen-bond donors (Lipinski definition) is 0. The molecule has 1 aromatic carbocycles. The van der Waals surface area contributed by atoms with Gasteiger partial charge < -0.3 is 0 Å². The summed E-state index contributed by atoms with van der Waals surface area (Å²) in [5, 5.41) is 0. The van der Waals surface area contributed by atoms with Crippen molar-refractivity contribution in [2.45, 2.75) is 24.3 Å². The maximum Gasteiger partial charge on any atom is 0.258 e. The first-order valence-corrected chi connectivity index (χ1v) is 10.8. The van der Waals surface area contributed by atoms with Crippen molar-refractivity contribution in [3.05, 3.63) is 75.8 Å². The Morgan fingerprint density at radius 1 is 1.04 bits per heavy atom. The van der Waals surface area contributed by atoms with Crippen LogP contribution in [0.15, 0.2) is 58.4 Å². The number of sulfone groups is 1. The minimum absolute atomic E-state index is 0.0773. The zero-order valence-electron chi connectivity index (χ0n) is 15.1. The predicted octanol–water partition coefficient (Wildman–Crippen LogP) is 1.70. The summed E-state index contributed by atoms with van der Waals surface area (Å²) in [4.78, 5) is 19.5. The van der Waals surface area contributed by atoms with Crippen LogP contribution in [0.3, 0.4) is 0 Å². The van der Waals surface area contributed by atoms with Gasteiger partial charge in [0.1, 0.15) is 5.65 Å². The van der Waals surface area contributed by atoms with Crippen LogP contribution in [0.4, 0.5) is 0 Å². The molecule has 0 saturated carbocycles.